The molecule has 0 aromatic heterocycles. The largest absolute Gasteiger partial charge is 0.707 e. The van der Waals surface area contributed by atoms with Gasteiger partial charge in [-0.25, -0.2) is 0 Å². The Morgan fingerprint density at radius 2 is 0.771 bits per heavy atom. The van der Waals surface area contributed by atoms with Crippen molar-refractivity contribution in [3.05, 3.63) is 133 Å². The molecule has 0 saturated carbocycles. The van der Waals surface area contributed by atoms with Crippen molar-refractivity contribution in [1.82, 2.24) is 0 Å². The van der Waals surface area contributed by atoms with Crippen LogP contribution >= 0.6 is 0 Å². The molecule has 0 unspecified atom stereocenters. The highest BCUT2D eigenvalue weighted by molar-refractivity contribution is 6.33. The summed E-state index contributed by atoms with van der Waals surface area (Å²) in [6, 6.07) is 44.7. The van der Waals surface area contributed by atoms with Gasteiger partial charge in [-0.3, -0.25) is 0 Å². The van der Waals surface area contributed by atoms with Gasteiger partial charge in [-0.15, -0.1) is 0 Å². The number of benzene rings is 5. The Labute approximate surface area is 205 Å². The summed E-state index contributed by atoms with van der Waals surface area (Å²) in [4.78, 5) is 2.16. The van der Waals surface area contributed by atoms with Gasteiger partial charge in [-0.2, -0.15) is 0 Å². The maximum Gasteiger partial charge on any atom is 0.707 e. The highest BCUT2D eigenvalue weighted by Crippen LogP contribution is 2.37. The summed E-state index contributed by atoms with van der Waals surface area (Å²) in [5.74, 6) is 0.377. The summed E-state index contributed by atoms with van der Waals surface area (Å²) >= 11 is 0. The Bertz CT molecular complexity index is 1270. The predicted octanol–water partition coefficient (Wildman–Crippen LogP) is 6.84. The van der Waals surface area contributed by atoms with Crippen LogP contribution < -0.4 is 9.55 Å². The Hall–Kier alpha value is -4.32. The molecule has 0 radical (unpaired) electrons. The van der Waals surface area contributed by atoms with Gasteiger partial charge in [0.05, 0.1) is 0 Å². The van der Waals surface area contributed by atoms with E-state index in [2.05, 4.69) is 77.7 Å². The first-order valence-electron chi connectivity index (χ1n) is 11.4. The molecule has 0 atom stereocenters. The summed E-state index contributed by atoms with van der Waals surface area (Å²) < 4.78 is 4.98. The van der Waals surface area contributed by atoms with Gasteiger partial charge in [0.15, 0.2) is 0 Å². The normalized spacial score (nSPS) is 10.6. The average molecular weight is 457 g/mol. The molecule has 0 spiro atoms. The number of anilines is 3. The topological polar surface area (TPSA) is 52.9 Å². The van der Waals surface area contributed by atoms with Gasteiger partial charge in [0.2, 0.25) is 0 Å². The number of nitrogens with zero attached hydrogens (tertiary/aromatic N) is 1. The second kappa shape index (κ2) is 10.3. The minimum Gasteiger partial charge on any atom is -0.512 e. The van der Waals surface area contributed by atoms with Crippen molar-refractivity contribution in [1.29, 1.82) is 0 Å². The second-order valence-electron chi connectivity index (χ2n) is 8.10. The van der Waals surface area contributed by atoms with Crippen LogP contribution in [0.2, 0.25) is 0 Å². The average Bonchev–Trinajstić information content (AvgIpc) is 2.91. The Morgan fingerprint density at radius 1 is 0.429 bits per heavy atom. The third-order valence-electron chi connectivity index (χ3n) is 5.80. The predicted molar refractivity (Wildman–Crippen MR) is 143 cm³/mol. The molecular weight excluding hydrogens is 433 g/mol. The van der Waals surface area contributed by atoms with Crippen LogP contribution in [0, 0.1) is 0 Å². The van der Waals surface area contributed by atoms with Gasteiger partial charge in [-0.05, 0) is 70.8 Å². The Balaban J connectivity index is 1.52. The van der Waals surface area contributed by atoms with Crippen LogP contribution in [0.3, 0.4) is 0 Å². The minimum absolute atomic E-state index is 0.377. The summed E-state index contributed by atoms with van der Waals surface area (Å²) in [7, 11) is -1.85. The lowest BCUT2D eigenvalue weighted by Gasteiger charge is -2.26. The van der Waals surface area contributed by atoms with Gasteiger partial charge in [0, 0.05) is 17.1 Å². The van der Waals surface area contributed by atoms with E-state index in [1.165, 1.54) is 11.1 Å². The summed E-state index contributed by atoms with van der Waals surface area (Å²) in [5, 5.41) is 18.2. The maximum absolute atomic E-state index is 9.10. The molecule has 0 amide bonds. The van der Waals surface area contributed by atoms with E-state index in [4.69, 9.17) is 14.7 Å². The van der Waals surface area contributed by atoms with Crippen LogP contribution in [0.15, 0.2) is 133 Å². The van der Waals surface area contributed by atoms with Crippen molar-refractivity contribution in [2.24, 2.45) is 0 Å². The molecule has 5 heteroatoms. The van der Waals surface area contributed by atoms with Crippen molar-refractivity contribution in [2.75, 3.05) is 4.90 Å². The molecule has 2 N–H and O–H groups in total. The number of hydrogen-bond donors (Lipinski definition) is 2. The quantitative estimate of drug-likeness (QED) is 0.263. The fourth-order valence-electron chi connectivity index (χ4n) is 4.11. The third kappa shape index (κ3) is 5.27. The van der Waals surface area contributed by atoms with Gasteiger partial charge in [0.25, 0.3) is 0 Å². The molecule has 0 heterocycles. The molecule has 5 rings (SSSR count). The molecule has 4 nitrogen and oxygen atoms in total. The fraction of sp³-hybridized carbons (Fsp3) is 0. The van der Waals surface area contributed by atoms with Crippen LogP contribution in [0.4, 0.5) is 17.1 Å². The van der Waals surface area contributed by atoms with E-state index >= 15 is 0 Å². The monoisotopic (exact) mass is 457 g/mol. The van der Waals surface area contributed by atoms with E-state index in [1.807, 2.05) is 48.5 Å². The minimum atomic E-state index is -1.85. The molecule has 0 aliphatic heterocycles. The lowest BCUT2D eigenvalue weighted by Crippen LogP contribution is -2.20. The lowest BCUT2D eigenvalue weighted by molar-refractivity contribution is 0.288. The zero-order valence-electron chi connectivity index (χ0n) is 19.0. The first-order chi connectivity index (χ1) is 17.2. The zero-order chi connectivity index (χ0) is 24.0. The van der Waals surface area contributed by atoms with Crippen molar-refractivity contribution in [3.8, 4) is 28.0 Å². The van der Waals surface area contributed by atoms with E-state index in [9.17, 15) is 0 Å². The van der Waals surface area contributed by atoms with E-state index in [0.717, 1.165) is 28.2 Å². The smallest absolute Gasteiger partial charge is 0.512 e. The van der Waals surface area contributed by atoms with Gasteiger partial charge in [0.1, 0.15) is 5.75 Å². The molecule has 170 valence electrons. The summed E-state index contributed by atoms with van der Waals surface area (Å²) in [6.07, 6.45) is 0. The van der Waals surface area contributed by atoms with Crippen molar-refractivity contribution in [3.63, 3.8) is 0 Å². The van der Waals surface area contributed by atoms with E-state index in [0.29, 0.717) is 5.75 Å². The van der Waals surface area contributed by atoms with Crippen LogP contribution in [-0.2, 0) is 0 Å². The molecule has 0 fully saturated rings. The molecular formula is C30H24BNO3. The standard InChI is InChI=1S/C30H24BNO3/c33-31(34)35-30-21-19-29(20-22-30)32(27-15-11-25(12-16-27)23-7-3-1-4-8-23)28-17-13-26(14-18-28)24-9-5-2-6-10-24/h1-22,33-34H. The SMILES string of the molecule is OB(O)Oc1ccc(N(c2ccc(-c3ccccc3)cc2)c2ccc(-c3ccccc3)cc2)cc1. The fourth-order valence-corrected chi connectivity index (χ4v) is 4.11. The maximum atomic E-state index is 9.10. The van der Waals surface area contributed by atoms with Crippen molar-refractivity contribution in [2.45, 2.75) is 0 Å². The van der Waals surface area contributed by atoms with Crippen LogP contribution in [0.25, 0.3) is 22.3 Å². The van der Waals surface area contributed by atoms with Gasteiger partial charge < -0.3 is 19.6 Å². The van der Waals surface area contributed by atoms with E-state index in [1.54, 1.807) is 12.1 Å². The second-order valence-corrected chi connectivity index (χ2v) is 8.10. The van der Waals surface area contributed by atoms with Crippen molar-refractivity contribution < 1.29 is 14.7 Å². The molecule has 5 aromatic rings. The van der Waals surface area contributed by atoms with Crippen molar-refractivity contribution >= 4 is 24.4 Å². The molecule has 35 heavy (non-hydrogen) atoms. The molecule has 0 aliphatic rings. The molecule has 0 aliphatic carbocycles. The summed E-state index contributed by atoms with van der Waals surface area (Å²) in [5.41, 5.74) is 7.57. The van der Waals surface area contributed by atoms with Gasteiger partial charge >= 0.3 is 7.32 Å². The third-order valence-corrected chi connectivity index (χ3v) is 5.80. The highest BCUT2D eigenvalue weighted by atomic mass is 16.6. The van der Waals surface area contributed by atoms with E-state index in [-0.39, 0.29) is 0 Å². The molecule has 0 saturated heterocycles. The van der Waals surface area contributed by atoms with Crippen LogP contribution in [0.1, 0.15) is 0 Å². The van der Waals surface area contributed by atoms with Crippen LogP contribution in [-0.4, -0.2) is 17.4 Å². The Morgan fingerprint density at radius 3 is 1.14 bits per heavy atom. The first kappa shape index (κ1) is 22.5. The van der Waals surface area contributed by atoms with E-state index < -0.39 is 7.32 Å². The Kier molecular flexibility index (Phi) is 6.62. The molecule has 5 aromatic carbocycles. The van der Waals surface area contributed by atoms with Crippen LogP contribution in [0.5, 0.6) is 5.75 Å². The number of hydrogen-bond acceptors (Lipinski definition) is 4. The lowest BCUT2D eigenvalue weighted by atomic mass is 10.0. The first-order valence-corrected chi connectivity index (χ1v) is 11.4. The van der Waals surface area contributed by atoms with Gasteiger partial charge in [-0.1, -0.05) is 84.9 Å². The zero-order valence-corrected chi connectivity index (χ0v) is 19.0. The number of rotatable bonds is 7. The highest BCUT2D eigenvalue weighted by Gasteiger charge is 2.15. The summed E-state index contributed by atoms with van der Waals surface area (Å²) in [6.45, 7) is 0. The molecule has 0 bridgehead atoms.